The molecule has 0 amide bonds. The number of methoxy groups -OCH3 is 1. The molecule has 2 aromatic rings. The molecule has 3 nitrogen and oxygen atoms in total. The summed E-state index contributed by atoms with van der Waals surface area (Å²) in [6.45, 7) is 4.04. The zero-order valence-corrected chi connectivity index (χ0v) is 11.0. The molecule has 0 aliphatic rings. The van der Waals surface area contributed by atoms with E-state index in [0.717, 1.165) is 17.7 Å². The molecule has 1 unspecified atom stereocenters. The molecule has 0 N–H and O–H groups in total. The highest BCUT2D eigenvalue weighted by Gasteiger charge is 2.11. The number of hydrogen-bond donors (Lipinski definition) is 0. The van der Waals surface area contributed by atoms with Gasteiger partial charge in [0.25, 0.3) is 0 Å². The first-order chi connectivity index (χ1) is 8.72. The highest BCUT2D eigenvalue weighted by Crippen LogP contribution is 2.20. The highest BCUT2D eigenvalue weighted by molar-refractivity contribution is 5.53. The van der Waals surface area contributed by atoms with E-state index in [4.69, 9.17) is 9.15 Å². The van der Waals surface area contributed by atoms with E-state index in [0.29, 0.717) is 5.89 Å². The third-order valence-electron chi connectivity index (χ3n) is 2.94. The van der Waals surface area contributed by atoms with Gasteiger partial charge in [0.1, 0.15) is 6.26 Å². The van der Waals surface area contributed by atoms with Crippen LogP contribution in [0.2, 0.25) is 0 Å². The Morgan fingerprint density at radius 1 is 1.33 bits per heavy atom. The topological polar surface area (TPSA) is 35.3 Å². The number of aromatic nitrogens is 1. The molecule has 0 fully saturated rings. The summed E-state index contributed by atoms with van der Waals surface area (Å²) in [6.07, 6.45) is 4.54. The van der Waals surface area contributed by atoms with E-state index >= 15 is 0 Å². The van der Waals surface area contributed by atoms with E-state index in [1.54, 1.807) is 13.4 Å². The summed E-state index contributed by atoms with van der Waals surface area (Å²) >= 11 is 0. The SMILES string of the molecule is C[CH]C(Cc1coc(-c2ccc(C)cc2)n1)OC. The molecule has 0 saturated carbocycles. The van der Waals surface area contributed by atoms with Crippen LogP contribution in [0.3, 0.4) is 0 Å². The fraction of sp³-hybridized carbons (Fsp3) is 0.333. The Labute approximate surface area is 108 Å². The van der Waals surface area contributed by atoms with Crippen LogP contribution in [-0.4, -0.2) is 18.2 Å². The van der Waals surface area contributed by atoms with Gasteiger partial charge in [-0.2, -0.15) is 0 Å². The van der Waals surface area contributed by atoms with E-state index < -0.39 is 0 Å². The minimum atomic E-state index is 0.0842. The molecule has 1 radical (unpaired) electrons. The average molecular weight is 244 g/mol. The first kappa shape index (κ1) is 12.8. The second kappa shape index (κ2) is 5.83. The number of benzene rings is 1. The Balaban J connectivity index is 2.12. The van der Waals surface area contributed by atoms with Gasteiger partial charge in [0.2, 0.25) is 5.89 Å². The molecule has 1 atom stereocenters. The van der Waals surface area contributed by atoms with Crippen LogP contribution in [0.15, 0.2) is 34.9 Å². The fourth-order valence-electron chi connectivity index (χ4n) is 1.77. The van der Waals surface area contributed by atoms with Gasteiger partial charge in [0, 0.05) is 19.1 Å². The van der Waals surface area contributed by atoms with Gasteiger partial charge in [-0.15, -0.1) is 0 Å². The lowest BCUT2D eigenvalue weighted by atomic mass is 10.1. The third-order valence-corrected chi connectivity index (χ3v) is 2.94. The number of hydrogen-bond acceptors (Lipinski definition) is 3. The van der Waals surface area contributed by atoms with Crippen molar-refractivity contribution in [2.75, 3.05) is 7.11 Å². The van der Waals surface area contributed by atoms with Crippen molar-refractivity contribution in [1.82, 2.24) is 4.98 Å². The van der Waals surface area contributed by atoms with Crippen LogP contribution in [0.25, 0.3) is 11.5 Å². The summed E-state index contributed by atoms with van der Waals surface area (Å²) in [6, 6.07) is 8.14. The van der Waals surface area contributed by atoms with Gasteiger partial charge in [-0.25, -0.2) is 4.98 Å². The normalized spacial score (nSPS) is 12.6. The number of oxazole rings is 1. The van der Waals surface area contributed by atoms with Crippen LogP contribution < -0.4 is 0 Å². The molecule has 0 spiro atoms. The van der Waals surface area contributed by atoms with E-state index in [2.05, 4.69) is 24.0 Å². The summed E-state index contributed by atoms with van der Waals surface area (Å²) in [5, 5.41) is 0. The molecular weight excluding hydrogens is 226 g/mol. The Bertz CT molecular complexity index is 483. The Kier molecular flexibility index (Phi) is 4.15. The quantitative estimate of drug-likeness (QED) is 0.808. The van der Waals surface area contributed by atoms with Gasteiger partial charge in [0.05, 0.1) is 11.8 Å². The van der Waals surface area contributed by atoms with Gasteiger partial charge in [-0.05, 0) is 25.5 Å². The van der Waals surface area contributed by atoms with Crippen LogP contribution in [0.1, 0.15) is 18.2 Å². The molecule has 1 aromatic heterocycles. The molecule has 0 aliphatic heterocycles. The second-order valence-electron chi connectivity index (χ2n) is 4.32. The number of nitrogens with zero attached hydrogens (tertiary/aromatic N) is 1. The molecule has 95 valence electrons. The highest BCUT2D eigenvalue weighted by atomic mass is 16.5. The molecule has 0 bridgehead atoms. The van der Waals surface area contributed by atoms with Crippen LogP contribution in [0.5, 0.6) is 0 Å². The minimum absolute atomic E-state index is 0.0842. The van der Waals surface area contributed by atoms with Crippen molar-refractivity contribution in [2.24, 2.45) is 0 Å². The summed E-state index contributed by atoms with van der Waals surface area (Å²) < 4.78 is 10.8. The fourth-order valence-corrected chi connectivity index (χ4v) is 1.77. The van der Waals surface area contributed by atoms with Crippen molar-refractivity contribution in [2.45, 2.75) is 26.4 Å². The summed E-state index contributed by atoms with van der Waals surface area (Å²) in [7, 11) is 1.70. The number of ether oxygens (including phenoxy) is 1. The standard InChI is InChI=1S/C15H18NO2/c1-4-14(17-3)9-13-10-18-15(16-13)12-7-5-11(2)6-8-12/h4-8,10,14H,9H2,1-3H3. The number of rotatable bonds is 5. The van der Waals surface area contributed by atoms with Crippen molar-refractivity contribution in [3.05, 3.63) is 48.2 Å². The second-order valence-corrected chi connectivity index (χ2v) is 4.32. The van der Waals surface area contributed by atoms with Crippen LogP contribution in [-0.2, 0) is 11.2 Å². The Morgan fingerprint density at radius 3 is 2.67 bits per heavy atom. The zero-order valence-electron chi connectivity index (χ0n) is 11.0. The van der Waals surface area contributed by atoms with Crippen molar-refractivity contribution in [3.63, 3.8) is 0 Å². The molecule has 18 heavy (non-hydrogen) atoms. The maximum absolute atomic E-state index is 5.50. The van der Waals surface area contributed by atoms with Crippen molar-refractivity contribution < 1.29 is 9.15 Å². The van der Waals surface area contributed by atoms with Gasteiger partial charge in [-0.1, -0.05) is 24.6 Å². The molecular formula is C15H18NO2. The van der Waals surface area contributed by atoms with Gasteiger partial charge in [-0.3, -0.25) is 0 Å². The van der Waals surface area contributed by atoms with Crippen molar-refractivity contribution in [1.29, 1.82) is 0 Å². The monoisotopic (exact) mass is 244 g/mol. The first-order valence-corrected chi connectivity index (χ1v) is 6.06. The third kappa shape index (κ3) is 2.99. The van der Waals surface area contributed by atoms with Gasteiger partial charge in [0.15, 0.2) is 0 Å². The van der Waals surface area contributed by atoms with Crippen LogP contribution in [0.4, 0.5) is 0 Å². The predicted molar refractivity (Wildman–Crippen MR) is 71.2 cm³/mol. The molecule has 0 aliphatic carbocycles. The first-order valence-electron chi connectivity index (χ1n) is 6.06. The molecule has 2 rings (SSSR count). The average Bonchev–Trinajstić information content (AvgIpc) is 2.85. The predicted octanol–water partition coefficient (Wildman–Crippen LogP) is 3.43. The van der Waals surface area contributed by atoms with Crippen molar-refractivity contribution >= 4 is 0 Å². The summed E-state index contributed by atoms with van der Waals surface area (Å²) in [5.74, 6) is 0.663. The molecule has 1 heterocycles. The summed E-state index contributed by atoms with van der Waals surface area (Å²) in [5.41, 5.74) is 3.14. The molecule has 3 heteroatoms. The Hall–Kier alpha value is -1.61. The van der Waals surface area contributed by atoms with E-state index in [9.17, 15) is 0 Å². The van der Waals surface area contributed by atoms with Gasteiger partial charge < -0.3 is 9.15 Å². The molecule has 1 aromatic carbocycles. The zero-order chi connectivity index (χ0) is 13.0. The lowest BCUT2D eigenvalue weighted by molar-refractivity contribution is 0.128. The minimum Gasteiger partial charge on any atom is -0.444 e. The van der Waals surface area contributed by atoms with E-state index in [-0.39, 0.29) is 6.10 Å². The largest absolute Gasteiger partial charge is 0.444 e. The summed E-state index contributed by atoms with van der Waals surface area (Å²) in [4.78, 5) is 4.48. The number of aryl methyl sites for hydroxylation is 1. The van der Waals surface area contributed by atoms with E-state index in [1.807, 2.05) is 25.5 Å². The van der Waals surface area contributed by atoms with Gasteiger partial charge >= 0.3 is 0 Å². The lowest BCUT2D eigenvalue weighted by Crippen LogP contribution is -2.13. The maximum atomic E-state index is 5.50. The lowest BCUT2D eigenvalue weighted by Gasteiger charge is -2.09. The van der Waals surface area contributed by atoms with Crippen molar-refractivity contribution in [3.8, 4) is 11.5 Å². The maximum Gasteiger partial charge on any atom is 0.226 e. The van der Waals surface area contributed by atoms with Crippen LogP contribution >= 0.6 is 0 Å². The van der Waals surface area contributed by atoms with Crippen LogP contribution in [0, 0.1) is 13.3 Å². The van der Waals surface area contributed by atoms with E-state index in [1.165, 1.54) is 5.56 Å². The smallest absolute Gasteiger partial charge is 0.226 e. The molecule has 0 saturated heterocycles. The Morgan fingerprint density at radius 2 is 2.06 bits per heavy atom.